The number of hydrogen-bond acceptors (Lipinski definition) is 4. The summed E-state index contributed by atoms with van der Waals surface area (Å²) in [6.07, 6.45) is 5.00. The van der Waals surface area contributed by atoms with E-state index in [1.807, 2.05) is 19.9 Å². The van der Waals surface area contributed by atoms with Crippen molar-refractivity contribution in [2.24, 2.45) is 0 Å². The summed E-state index contributed by atoms with van der Waals surface area (Å²) in [5.41, 5.74) is -3.56. The van der Waals surface area contributed by atoms with E-state index in [9.17, 15) is 26.4 Å². The number of alkyl halides is 3. The molecule has 4 nitrogen and oxygen atoms in total. The predicted molar refractivity (Wildman–Crippen MR) is 100 cm³/mol. The normalized spacial score (nSPS) is 11.9. The second-order valence-electron chi connectivity index (χ2n) is 5.74. The van der Waals surface area contributed by atoms with Crippen molar-refractivity contribution in [2.45, 2.75) is 57.9 Å². The first-order chi connectivity index (χ1) is 11.6. The molecular weight excluding hydrogens is 389 g/mol. The summed E-state index contributed by atoms with van der Waals surface area (Å²) in [5, 5.41) is 0. The van der Waals surface area contributed by atoms with Gasteiger partial charge in [-0.3, -0.25) is 8.98 Å². The molecule has 0 heterocycles. The van der Waals surface area contributed by atoms with Crippen LogP contribution < -0.4 is 0 Å². The number of benzene rings is 1. The first-order valence-corrected chi connectivity index (χ1v) is 9.64. The lowest BCUT2D eigenvalue weighted by molar-refractivity contribution is -0.0536. The SMILES string of the molecule is CCCCc1cccc(C(=O)COS(=O)(=O)C(F)(F)F)c1CCCC.[SH3+]. The lowest BCUT2D eigenvalue weighted by Gasteiger charge is -2.14. The van der Waals surface area contributed by atoms with Gasteiger partial charge in [0.15, 0.2) is 5.78 Å². The van der Waals surface area contributed by atoms with Gasteiger partial charge in [0, 0.05) is 5.56 Å². The fraction of sp³-hybridized carbons (Fsp3) is 0.588. The van der Waals surface area contributed by atoms with Crippen LogP contribution in [0.15, 0.2) is 18.2 Å². The molecule has 0 aliphatic rings. The third-order valence-electron chi connectivity index (χ3n) is 3.78. The number of hydrogen-bond donors (Lipinski definition) is 0. The van der Waals surface area contributed by atoms with Crippen molar-refractivity contribution >= 4 is 29.4 Å². The Hall–Kier alpha value is -1.06. The topological polar surface area (TPSA) is 60.4 Å². The van der Waals surface area contributed by atoms with Crippen molar-refractivity contribution in [1.29, 1.82) is 0 Å². The zero-order chi connectivity index (χ0) is 19.1. The maximum atomic E-state index is 12.3. The molecule has 1 aromatic rings. The van der Waals surface area contributed by atoms with Crippen LogP contribution >= 0.6 is 0 Å². The molecule has 0 N–H and O–H groups in total. The van der Waals surface area contributed by atoms with Gasteiger partial charge in [0.05, 0.1) is 0 Å². The van der Waals surface area contributed by atoms with Crippen LogP contribution in [0.4, 0.5) is 13.2 Å². The lowest BCUT2D eigenvalue weighted by atomic mass is 9.91. The van der Waals surface area contributed by atoms with Gasteiger partial charge >= 0.3 is 15.6 Å². The Morgan fingerprint density at radius 1 is 1.08 bits per heavy atom. The fourth-order valence-corrected chi connectivity index (χ4v) is 2.82. The van der Waals surface area contributed by atoms with Gasteiger partial charge in [-0.2, -0.15) is 21.6 Å². The summed E-state index contributed by atoms with van der Waals surface area (Å²) >= 11 is 0. The predicted octanol–water partition coefficient (Wildman–Crippen LogP) is 3.62. The van der Waals surface area contributed by atoms with E-state index >= 15 is 0 Å². The van der Waals surface area contributed by atoms with Crippen LogP contribution in [0.25, 0.3) is 0 Å². The number of Topliss-reactive ketones (excluding diaryl/α,β-unsaturated/α-hetero) is 1. The highest BCUT2D eigenvalue weighted by Gasteiger charge is 2.47. The van der Waals surface area contributed by atoms with E-state index in [1.165, 1.54) is 6.07 Å². The summed E-state index contributed by atoms with van der Waals surface area (Å²) in [5.74, 6) is -0.766. The Bertz CT molecular complexity index is 686. The van der Waals surface area contributed by atoms with E-state index in [4.69, 9.17) is 0 Å². The Labute approximate surface area is 159 Å². The average molecular weight is 416 g/mol. The van der Waals surface area contributed by atoms with Crippen LogP contribution in [0.2, 0.25) is 0 Å². The number of unbranched alkanes of at least 4 members (excludes halogenated alkanes) is 2. The Balaban J connectivity index is 0.00000625. The Morgan fingerprint density at radius 2 is 1.65 bits per heavy atom. The molecular formula is C17H26F3O4S2+. The van der Waals surface area contributed by atoms with Crippen LogP contribution in [0.3, 0.4) is 0 Å². The molecule has 9 heteroatoms. The number of rotatable bonds is 10. The van der Waals surface area contributed by atoms with Crippen molar-refractivity contribution in [2.75, 3.05) is 6.61 Å². The van der Waals surface area contributed by atoms with E-state index < -0.39 is 28.0 Å². The van der Waals surface area contributed by atoms with Gasteiger partial charge < -0.3 is 0 Å². The average Bonchev–Trinajstić information content (AvgIpc) is 2.55. The molecule has 0 aliphatic carbocycles. The van der Waals surface area contributed by atoms with Crippen molar-refractivity contribution < 1.29 is 30.6 Å². The largest absolute Gasteiger partial charge is 0.523 e. The van der Waals surface area contributed by atoms with Gasteiger partial charge in [0.1, 0.15) is 6.61 Å². The minimum absolute atomic E-state index is 0. The smallest absolute Gasteiger partial charge is 0.291 e. The summed E-state index contributed by atoms with van der Waals surface area (Å²) < 4.78 is 62.7. The zero-order valence-corrected chi connectivity index (χ0v) is 16.9. The van der Waals surface area contributed by atoms with Crippen LogP contribution in [-0.4, -0.2) is 26.3 Å². The van der Waals surface area contributed by atoms with E-state index in [1.54, 1.807) is 6.07 Å². The highest BCUT2D eigenvalue weighted by Crippen LogP contribution is 2.25. The second kappa shape index (κ2) is 10.9. The maximum absolute atomic E-state index is 12.3. The summed E-state index contributed by atoms with van der Waals surface area (Å²) in [4.78, 5) is 12.3. The molecule has 1 rings (SSSR count). The summed E-state index contributed by atoms with van der Waals surface area (Å²) in [6, 6.07) is 5.06. The number of ketones is 1. The molecule has 0 saturated carbocycles. The summed E-state index contributed by atoms with van der Waals surface area (Å²) in [7, 11) is -5.78. The van der Waals surface area contributed by atoms with E-state index in [0.29, 0.717) is 6.42 Å². The molecule has 0 atom stereocenters. The van der Waals surface area contributed by atoms with Crippen LogP contribution in [-0.2, 0) is 40.6 Å². The van der Waals surface area contributed by atoms with Gasteiger partial charge in [-0.25, -0.2) is 0 Å². The van der Waals surface area contributed by atoms with Crippen molar-refractivity contribution in [1.82, 2.24) is 0 Å². The molecule has 0 radical (unpaired) electrons. The highest BCUT2D eigenvalue weighted by molar-refractivity contribution is 7.87. The molecule has 0 aliphatic heterocycles. The first kappa shape index (κ1) is 24.9. The van der Waals surface area contributed by atoms with E-state index in [2.05, 4.69) is 4.18 Å². The number of halogens is 3. The third kappa shape index (κ3) is 6.92. The molecule has 26 heavy (non-hydrogen) atoms. The Kier molecular flexibility index (Phi) is 10.5. The zero-order valence-electron chi connectivity index (χ0n) is 14.9. The number of carbonyl (C=O) groups excluding carboxylic acids is 1. The van der Waals surface area contributed by atoms with Gasteiger partial charge in [0.2, 0.25) is 0 Å². The molecule has 0 saturated heterocycles. The van der Waals surface area contributed by atoms with Crippen LogP contribution in [0.1, 0.15) is 61.0 Å². The van der Waals surface area contributed by atoms with Crippen molar-refractivity contribution in [3.63, 3.8) is 0 Å². The van der Waals surface area contributed by atoms with Crippen molar-refractivity contribution in [3.05, 3.63) is 34.9 Å². The van der Waals surface area contributed by atoms with Gasteiger partial charge in [-0.05, 0) is 36.8 Å². The molecule has 0 aromatic heterocycles. The molecule has 0 bridgehead atoms. The lowest BCUT2D eigenvalue weighted by Crippen LogP contribution is -2.28. The van der Waals surface area contributed by atoms with Gasteiger partial charge in [-0.15, -0.1) is 0 Å². The minimum Gasteiger partial charge on any atom is -0.291 e. The summed E-state index contributed by atoms with van der Waals surface area (Å²) in [6.45, 7) is 2.88. The fourth-order valence-electron chi connectivity index (χ4n) is 2.42. The molecule has 0 spiro atoms. The Morgan fingerprint density at radius 3 is 2.19 bits per heavy atom. The first-order valence-electron chi connectivity index (χ1n) is 8.23. The second-order valence-corrected chi connectivity index (χ2v) is 7.34. The standard InChI is InChI=1S/C17H23F3O4S.H2S/c1-3-5-8-13-9-7-11-15(14(13)10-6-4-2)16(21)12-24-25(22,23)17(18,19)20;/h7,9,11H,3-6,8,10,12H2,1-2H3;1H2/p+1. The molecule has 0 unspecified atom stereocenters. The maximum Gasteiger partial charge on any atom is 0.523 e. The highest BCUT2D eigenvalue weighted by atomic mass is 32.2. The minimum atomic E-state index is -5.78. The van der Waals surface area contributed by atoms with E-state index in [-0.39, 0.29) is 19.1 Å². The third-order valence-corrected chi connectivity index (χ3v) is 4.78. The van der Waals surface area contributed by atoms with Gasteiger partial charge in [0.25, 0.3) is 0 Å². The van der Waals surface area contributed by atoms with Crippen molar-refractivity contribution in [3.8, 4) is 0 Å². The van der Waals surface area contributed by atoms with Crippen LogP contribution in [0.5, 0.6) is 0 Å². The van der Waals surface area contributed by atoms with Gasteiger partial charge in [-0.1, -0.05) is 58.4 Å². The number of aryl methyl sites for hydroxylation is 1. The van der Waals surface area contributed by atoms with Crippen LogP contribution in [0, 0.1) is 0 Å². The molecule has 0 fully saturated rings. The quantitative estimate of drug-likeness (QED) is 0.253. The molecule has 0 amide bonds. The molecule has 150 valence electrons. The molecule has 1 aromatic carbocycles. The van der Waals surface area contributed by atoms with E-state index in [0.717, 1.165) is 43.2 Å². The monoisotopic (exact) mass is 415 g/mol. The number of carbonyl (C=O) groups is 1.